The van der Waals surface area contributed by atoms with Crippen molar-refractivity contribution in [1.29, 1.82) is 0 Å². The summed E-state index contributed by atoms with van der Waals surface area (Å²) >= 11 is 0. The van der Waals surface area contributed by atoms with Gasteiger partial charge in [0, 0.05) is 6.04 Å². The van der Waals surface area contributed by atoms with Crippen LogP contribution in [-0.2, 0) is 6.54 Å². The van der Waals surface area contributed by atoms with E-state index in [1.54, 1.807) is 4.68 Å². The van der Waals surface area contributed by atoms with Crippen molar-refractivity contribution in [2.45, 2.75) is 38.8 Å². The monoisotopic (exact) mass is 238 g/mol. The number of aromatic nitrogens is 3. The SMILES string of the molecule is C[C@@H](Cn1cc(C(=O)O)nn1)N1CCCCC1. The van der Waals surface area contributed by atoms with E-state index in [0.717, 1.165) is 13.1 Å². The van der Waals surface area contributed by atoms with E-state index in [9.17, 15) is 4.79 Å². The summed E-state index contributed by atoms with van der Waals surface area (Å²) in [6.45, 7) is 5.09. The van der Waals surface area contributed by atoms with Crippen molar-refractivity contribution in [3.05, 3.63) is 11.9 Å². The van der Waals surface area contributed by atoms with Gasteiger partial charge in [0.1, 0.15) is 0 Å². The van der Waals surface area contributed by atoms with E-state index in [-0.39, 0.29) is 5.69 Å². The highest BCUT2D eigenvalue weighted by molar-refractivity contribution is 5.84. The number of rotatable bonds is 4. The molecule has 0 unspecified atom stereocenters. The average Bonchev–Trinajstić information content (AvgIpc) is 2.79. The zero-order valence-corrected chi connectivity index (χ0v) is 10.0. The lowest BCUT2D eigenvalue weighted by molar-refractivity contribution is 0.0690. The molecule has 0 bridgehead atoms. The number of piperidine rings is 1. The number of hydrogen-bond acceptors (Lipinski definition) is 4. The molecule has 0 spiro atoms. The van der Waals surface area contributed by atoms with Crippen LogP contribution < -0.4 is 0 Å². The lowest BCUT2D eigenvalue weighted by atomic mass is 10.1. The fourth-order valence-corrected chi connectivity index (χ4v) is 2.23. The lowest BCUT2D eigenvalue weighted by Crippen LogP contribution is -2.39. The van der Waals surface area contributed by atoms with Crippen LogP contribution in [0.25, 0.3) is 0 Å². The summed E-state index contributed by atoms with van der Waals surface area (Å²) in [5, 5.41) is 16.2. The molecule has 0 radical (unpaired) electrons. The summed E-state index contributed by atoms with van der Waals surface area (Å²) < 4.78 is 1.61. The van der Waals surface area contributed by atoms with Gasteiger partial charge in [0.25, 0.3) is 0 Å². The van der Waals surface area contributed by atoms with Crippen molar-refractivity contribution in [3.8, 4) is 0 Å². The van der Waals surface area contributed by atoms with Gasteiger partial charge in [-0.1, -0.05) is 11.6 Å². The molecule has 1 N–H and O–H groups in total. The molecule has 94 valence electrons. The maximum absolute atomic E-state index is 10.7. The maximum Gasteiger partial charge on any atom is 0.358 e. The molecule has 1 aromatic heterocycles. The topological polar surface area (TPSA) is 71.2 Å². The first-order valence-corrected chi connectivity index (χ1v) is 6.04. The van der Waals surface area contributed by atoms with Crippen molar-refractivity contribution < 1.29 is 9.90 Å². The Balaban J connectivity index is 1.92. The molecular formula is C11H18N4O2. The predicted molar refractivity (Wildman–Crippen MR) is 61.9 cm³/mol. The van der Waals surface area contributed by atoms with Gasteiger partial charge in [0.2, 0.25) is 0 Å². The highest BCUT2D eigenvalue weighted by Gasteiger charge is 2.18. The Morgan fingerprint density at radius 3 is 2.76 bits per heavy atom. The quantitative estimate of drug-likeness (QED) is 0.842. The summed E-state index contributed by atoms with van der Waals surface area (Å²) in [6, 6.07) is 0.374. The molecule has 6 heteroatoms. The van der Waals surface area contributed by atoms with Gasteiger partial charge in [0.05, 0.1) is 12.7 Å². The number of carboxylic acids is 1. The van der Waals surface area contributed by atoms with Crippen LogP contribution in [0.15, 0.2) is 6.20 Å². The fraction of sp³-hybridized carbons (Fsp3) is 0.727. The van der Waals surface area contributed by atoms with Gasteiger partial charge in [0.15, 0.2) is 5.69 Å². The van der Waals surface area contributed by atoms with E-state index in [1.165, 1.54) is 25.5 Å². The first-order chi connectivity index (χ1) is 8.16. The maximum atomic E-state index is 10.7. The second-order valence-corrected chi connectivity index (χ2v) is 4.58. The van der Waals surface area contributed by atoms with Crippen molar-refractivity contribution >= 4 is 5.97 Å². The second-order valence-electron chi connectivity index (χ2n) is 4.58. The first kappa shape index (κ1) is 12.0. The summed E-state index contributed by atoms with van der Waals surface area (Å²) in [5.74, 6) is -1.03. The molecule has 1 atom stereocenters. The Kier molecular flexibility index (Phi) is 3.73. The molecule has 0 aromatic carbocycles. The molecule has 1 saturated heterocycles. The average molecular weight is 238 g/mol. The highest BCUT2D eigenvalue weighted by atomic mass is 16.4. The van der Waals surface area contributed by atoms with Gasteiger partial charge in [-0.3, -0.25) is 9.58 Å². The molecule has 6 nitrogen and oxygen atoms in total. The number of aromatic carboxylic acids is 1. The van der Waals surface area contributed by atoms with E-state index < -0.39 is 5.97 Å². The third-order valence-corrected chi connectivity index (χ3v) is 3.22. The van der Waals surface area contributed by atoms with Crippen LogP contribution in [0.2, 0.25) is 0 Å². The Morgan fingerprint density at radius 2 is 2.18 bits per heavy atom. The third-order valence-electron chi connectivity index (χ3n) is 3.22. The molecule has 1 fully saturated rings. The Hall–Kier alpha value is -1.43. The first-order valence-electron chi connectivity index (χ1n) is 6.04. The van der Waals surface area contributed by atoms with Crippen LogP contribution in [0, 0.1) is 0 Å². The molecule has 1 aromatic rings. The van der Waals surface area contributed by atoms with Crippen LogP contribution in [0.3, 0.4) is 0 Å². The van der Waals surface area contributed by atoms with Crippen LogP contribution in [0.1, 0.15) is 36.7 Å². The van der Waals surface area contributed by atoms with Crippen molar-refractivity contribution in [2.75, 3.05) is 13.1 Å². The molecule has 0 amide bonds. The minimum absolute atomic E-state index is 0.0100. The standard InChI is InChI=1S/C11H18N4O2/c1-9(14-5-3-2-4-6-14)7-15-8-10(11(16)17)12-13-15/h8-9H,2-7H2,1H3,(H,16,17)/t9-/m0/s1. The van der Waals surface area contributed by atoms with Crippen LogP contribution >= 0.6 is 0 Å². The molecule has 1 aliphatic heterocycles. The fourth-order valence-electron chi connectivity index (χ4n) is 2.23. The molecular weight excluding hydrogens is 220 g/mol. The molecule has 17 heavy (non-hydrogen) atoms. The molecule has 1 aliphatic rings. The van der Waals surface area contributed by atoms with Gasteiger partial charge in [-0.05, 0) is 32.9 Å². The van der Waals surface area contributed by atoms with E-state index >= 15 is 0 Å². The van der Waals surface area contributed by atoms with Crippen molar-refractivity contribution in [2.24, 2.45) is 0 Å². The zero-order chi connectivity index (χ0) is 12.3. The second kappa shape index (κ2) is 5.27. The third kappa shape index (κ3) is 3.03. The van der Waals surface area contributed by atoms with E-state index in [4.69, 9.17) is 5.11 Å². The molecule has 2 rings (SSSR count). The zero-order valence-electron chi connectivity index (χ0n) is 10.0. The van der Waals surface area contributed by atoms with Gasteiger partial charge >= 0.3 is 5.97 Å². The van der Waals surface area contributed by atoms with Crippen molar-refractivity contribution in [1.82, 2.24) is 19.9 Å². The van der Waals surface area contributed by atoms with E-state index in [2.05, 4.69) is 22.1 Å². The minimum Gasteiger partial charge on any atom is -0.476 e. The van der Waals surface area contributed by atoms with Gasteiger partial charge < -0.3 is 5.11 Å². The smallest absolute Gasteiger partial charge is 0.358 e. The Bertz CT molecular complexity index is 385. The lowest BCUT2D eigenvalue weighted by Gasteiger charge is -2.32. The number of nitrogens with zero attached hydrogens (tertiary/aromatic N) is 4. The summed E-state index contributed by atoms with van der Waals surface area (Å²) in [4.78, 5) is 13.1. The molecule has 0 aliphatic carbocycles. The predicted octanol–water partition coefficient (Wildman–Crippen LogP) is 0.851. The number of carboxylic acid groups (broad SMARTS) is 1. The van der Waals surface area contributed by atoms with Gasteiger partial charge in [-0.15, -0.1) is 5.10 Å². The summed E-state index contributed by atoms with van der Waals surface area (Å²) in [5.41, 5.74) is 0.0100. The Labute approximate surface area is 100 Å². The van der Waals surface area contributed by atoms with E-state index in [1.807, 2.05) is 0 Å². The normalized spacial score (nSPS) is 19.1. The molecule has 0 saturated carbocycles. The van der Waals surface area contributed by atoms with Crippen LogP contribution in [0.4, 0.5) is 0 Å². The largest absolute Gasteiger partial charge is 0.476 e. The summed E-state index contributed by atoms with van der Waals surface area (Å²) in [7, 11) is 0. The van der Waals surface area contributed by atoms with Crippen LogP contribution in [-0.4, -0.2) is 50.1 Å². The van der Waals surface area contributed by atoms with Crippen molar-refractivity contribution in [3.63, 3.8) is 0 Å². The van der Waals surface area contributed by atoms with Gasteiger partial charge in [-0.25, -0.2) is 4.79 Å². The highest BCUT2D eigenvalue weighted by Crippen LogP contribution is 2.12. The number of hydrogen-bond donors (Lipinski definition) is 1. The minimum atomic E-state index is -1.03. The summed E-state index contributed by atoms with van der Waals surface area (Å²) in [6.07, 6.45) is 5.31. The molecule has 2 heterocycles. The Morgan fingerprint density at radius 1 is 1.47 bits per heavy atom. The number of carbonyl (C=O) groups is 1. The van der Waals surface area contributed by atoms with Crippen LogP contribution in [0.5, 0.6) is 0 Å². The number of likely N-dealkylation sites (tertiary alicyclic amines) is 1. The van der Waals surface area contributed by atoms with E-state index in [0.29, 0.717) is 12.6 Å². The van der Waals surface area contributed by atoms with Gasteiger partial charge in [-0.2, -0.15) is 0 Å².